The first-order valence-electron chi connectivity index (χ1n) is 6.78. The summed E-state index contributed by atoms with van der Waals surface area (Å²) in [5.41, 5.74) is 2.40. The third-order valence-electron chi connectivity index (χ3n) is 3.88. The number of carbonyl (C=O) groups is 2. The molecule has 5 nitrogen and oxygen atoms in total. The van der Waals surface area contributed by atoms with Gasteiger partial charge in [-0.1, -0.05) is 19.1 Å². The molecule has 0 spiro atoms. The molecule has 118 valence electrons. The van der Waals surface area contributed by atoms with Crippen molar-refractivity contribution in [3.8, 4) is 0 Å². The van der Waals surface area contributed by atoms with Gasteiger partial charge in [0.05, 0.1) is 19.8 Å². The second kappa shape index (κ2) is 9.39. The molecule has 0 heterocycles. The SMILES string of the molecule is CCC(CO)(CO)CO.Cc1c(C=O)ccc(C=O)c1C. The Labute approximate surface area is 125 Å². The highest BCUT2D eigenvalue weighted by atomic mass is 16.3. The molecule has 0 saturated carbocycles. The van der Waals surface area contributed by atoms with Crippen molar-refractivity contribution >= 4 is 12.6 Å². The molecule has 0 aliphatic heterocycles. The smallest absolute Gasteiger partial charge is 0.150 e. The average Bonchev–Trinajstić information content (AvgIpc) is 2.53. The van der Waals surface area contributed by atoms with Crippen LogP contribution in [0.5, 0.6) is 0 Å². The summed E-state index contributed by atoms with van der Waals surface area (Å²) in [7, 11) is 0. The number of aliphatic hydroxyl groups excluding tert-OH is 3. The Bertz CT molecular complexity index is 413. The molecule has 0 saturated heterocycles. The molecule has 0 unspecified atom stereocenters. The third-order valence-corrected chi connectivity index (χ3v) is 3.88. The minimum absolute atomic E-state index is 0.156. The van der Waals surface area contributed by atoms with Crippen LogP contribution in [0.4, 0.5) is 0 Å². The van der Waals surface area contributed by atoms with Crippen LogP contribution >= 0.6 is 0 Å². The first-order valence-corrected chi connectivity index (χ1v) is 6.78. The Morgan fingerprint density at radius 3 is 1.38 bits per heavy atom. The van der Waals surface area contributed by atoms with Crippen LogP contribution in [-0.4, -0.2) is 47.7 Å². The molecule has 1 aromatic carbocycles. The maximum Gasteiger partial charge on any atom is 0.150 e. The van der Waals surface area contributed by atoms with Gasteiger partial charge in [-0.05, 0) is 31.4 Å². The molecule has 0 fully saturated rings. The molecule has 1 rings (SSSR count). The molecule has 0 aliphatic carbocycles. The topological polar surface area (TPSA) is 94.8 Å². The van der Waals surface area contributed by atoms with E-state index in [1.54, 1.807) is 12.1 Å². The number of aldehydes is 2. The first kappa shape index (κ1) is 19.4. The van der Waals surface area contributed by atoms with Gasteiger partial charge < -0.3 is 15.3 Å². The summed E-state index contributed by atoms with van der Waals surface area (Å²) in [5.74, 6) is 0. The van der Waals surface area contributed by atoms with Gasteiger partial charge in [0.2, 0.25) is 0 Å². The van der Waals surface area contributed by atoms with Crippen LogP contribution in [0.3, 0.4) is 0 Å². The van der Waals surface area contributed by atoms with E-state index in [4.69, 9.17) is 15.3 Å². The number of benzene rings is 1. The molecule has 0 aliphatic rings. The van der Waals surface area contributed by atoms with Crippen LogP contribution in [0.15, 0.2) is 12.1 Å². The summed E-state index contributed by atoms with van der Waals surface area (Å²) in [4.78, 5) is 21.0. The van der Waals surface area contributed by atoms with Gasteiger partial charge in [0.1, 0.15) is 12.6 Å². The van der Waals surface area contributed by atoms with Gasteiger partial charge in [-0.3, -0.25) is 9.59 Å². The molecule has 0 bridgehead atoms. The zero-order chi connectivity index (χ0) is 16.5. The van der Waals surface area contributed by atoms with Gasteiger partial charge in [-0.25, -0.2) is 0 Å². The van der Waals surface area contributed by atoms with E-state index < -0.39 is 5.41 Å². The second-order valence-corrected chi connectivity index (χ2v) is 5.06. The molecule has 21 heavy (non-hydrogen) atoms. The van der Waals surface area contributed by atoms with Crippen LogP contribution in [0.1, 0.15) is 45.2 Å². The zero-order valence-corrected chi connectivity index (χ0v) is 12.8. The maximum absolute atomic E-state index is 10.5. The van der Waals surface area contributed by atoms with Crippen molar-refractivity contribution in [3.05, 3.63) is 34.4 Å². The van der Waals surface area contributed by atoms with Crippen molar-refractivity contribution in [1.29, 1.82) is 0 Å². The van der Waals surface area contributed by atoms with E-state index in [9.17, 15) is 9.59 Å². The number of rotatable bonds is 6. The Hall–Kier alpha value is -1.56. The van der Waals surface area contributed by atoms with Gasteiger partial charge in [-0.2, -0.15) is 0 Å². The summed E-state index contributed by atoms with van der Waals surface area (Å²) >= 11 is 0. The van der Waals surface area contributed by atoms with Gasteiger partial charge in [0.25, 0.3) is 0 Å². The number of carbonyl (C=O) groups excluding carboxylic acids is 2. The van der Waals surface area contributed by atoms with E-state index in [1.165, 1.54) is 0 Å². The van der Waals surface area contributed by atoms with Crippen LogP contribution in [0.2, 0.25) is 0 Å². The standard InChI is InChI=1S/C10H10O2.C6H14O3/c1-7-8(2)10(6-12)4-3-9(7)5-11;1-2-6(3-7,4-8)5-9/h3-6H,1-2H3;7-9H,2-5H2,1H3. The maximum atomic E-state index is 10.5. The molecule has 3 N–H and O–H groups in total. The molecule has 0 amide bonds. The molecule has 5 heteroatoms. The summed E-state index contributed by atoms with van der Waals surface area (Å²) < 4.78 is 0. The Kier molecular flexibility index (Phi) is 8.69. The van der Waals surface area contributed by atoms with Gasteiger partial charge in [0, 0.05) is 16.5 Å². The lowest BCUT2D eigenvalue weighted by Crippen LogP contribution is -2.32. The highest BCUT2D eigenvalue weighted by Gasteiger charge is 2.24. The minimum atomic E-state index is -0.667. The van der Waals surface area contributed by atoms with E-state index in [0.717, 1.165) is 23.7 Å². The Morgan fingerprint density at radius 2 is 1.24 bits per heavy atom. The fourth-order valence-electron chi connectivity index (χ4n) is 1.60. The van der Waals surface area contributed by atoms with E-state index >= 15 is 0 Å². The van der Waals surface area contributed by atoms with Crippen LogP contribution in [-0.2, 0) is 0 Å². The predicted octanol–water partition coefficient (Wildman–Crippen LogP) is 1.29. The largest absolute Gasteiger partial charge is 0.396 e. The fourth-order valence-corrected chi connectivity index (χ4v) is 1.60. The summed E-state index contributed by atoms with van der Waals surface area (Å²) in [6.07, 6.45) is 2.20. The normalized spacial score (nSPS) is 10.6. The molecule has 0 atom stereocenters. The molecule has 1 aromatic rings. The van der Waals surface area contributed by atoms with Crippen LogP contribution in [0, 0.1) is 19.3 Å². The van der Waals surface area contributed by atoms with E-state index in [-0.39, 0.29) is 19.8 Å². The molecular weight excluding hydrogens is 272 g/mol. The lowest BCUT2D eigenvalue weighted by Gasteiger charge is -2.24. The van der Waals surface area contributed by atoms with E-state index in [2.05, 4.69) is 0 Å². The fraction of sp³-hybridized carbons (Fsp3) is 0.500. The highest BCUT2D eigenvalue weighted by Crippen LogP contribution is 2.18. The van der Waals surface area contributed by atoms with Crippen molar-refractivity contribution in [3.63, 3.8) is 0 Å². The van der Waals surface area contributed by atoms with Gasteiger partial charge in [0.15, 0.2) is 0 Å². The number of aliphatic hydroxyl groups is 3. The lowest BCUT2D eigenvalue weighted by molar-refractivity contribution is 0.00304. The van der Waals surface area contributed by atoms with E-state index in [0.29, 0.717) is 17.5 Å². The van der Waals surface area contributed by atoms with Crippen molar-refractivity contribution in [2.75, 3.05) is 19.8 Å². The second-order valence-electron chi connectivity index (χ2n) is 5.06. The molecule has 0 aromatic heterocycles. The van der Waals surface area contributed by atoms with Crippen molar-refractivity contribution < 1.29 is 24.9 Å². The number of hydrogen-bond acceptors (Lipinski definition) is 5. The average molecular weight is 296 g/mol. The molecular formula is C16H24O5. The summed E-state index contributed by atoms with van der Waals surface area (Å²) in [6.45, 7) is 5.03. The summed E-state index contributed by atoms with van der Waals surface area (Å²) in [5, 5.41) is 26.0. The predicted molar refractivity (Wildman–Crippen MR) is 80.7 cm³/mol. The quantitative estimate of drug-likeness (QED) is 0.688. The summed E-state index contributed by atoms with van der Waals surface area (Å²) in [6, 6.07) is 3.33. The van der Waals surface area contributed by atoms with Crippen LogP contribution in [0.25, 0.3) is 0 Å². The Balaban J connectivity index is 0.000000400. The first-order chi connectivity index (χ1) is 9.94. The van der Waals surface area contributed by atoms with Crippen molar-refractivity contribution in [2.24, 2.45) is 5.41 Å². The molecule has 0 radical (unpaired) electrons. The zero-order valence-electron chi connectivity index (χ0n) is 12.8. The van der Waals surface area contributed by atoms with E-state index in [1.807, 2.05) is 20.8 Å². The van der Waals surface area contributed by atoms with Crippen LogP contribution < -0.4 is 0 Å². The highest BCUT2D eigenvalue weighted by molar-refractivity contribution is 5.83. The number of hydrogen-bond donors (Lipinski definition) is 3. The minimum Gasteiger partial charge on any atom is -0.396 e. The lowest BCUT2D eigenvalue weighted by atomic mass is 9.88. The van der Waals surface area contributed by atoms with Gasteiger partial charge >= 0.3 is 0 Å². The van der Waals surface area contributed by atoms with Gasteiger partial charge in [-0.15, -0.1) is 0 Å². The monoisotopic (exact) mass is 296 g/mol. The van der Waals surface area contributed by atoms with Crippen molar-refractivity contribution in [1.82, 2.24) is 0 Å². The van der Waals surface area contributed by atoms with Crippen molar-refractivity contribution in [2.45, 2.75) is 27.2 Å². The Morgan fingerprint density at radius 1 is 0.905 bits per heavy atom. The third kappa shape index (κ3) is 5.04.